The van der Waals surface area contributed by atoms with Crippen LogP contribution in [0.25, 0.3) is 0 Å². The van der Waals surface area contributed by atoms with Crippen molar-refractivity contribution in [2.75, 3.05) is 0 Å². The average molecular weight is 385 g/mol. The van der Waals surface area contributed by atoms with Crippen molar-refractivity contribution >= 4 is 15.7 Å². The maximum Gasteiger partial charge on any atom is 0.391 e. The Morgan fingerprint density at radius 1 is 1.12 bits per heavy atom. The highest BCUT2D eigenvalue weighted by atomic mass is 32.2. The van der Waals surface area contributed by atoms with Gasteiger partial charge in [0.25, 0.3) is 5.91 Å². The fourth-order valence-electron chi connectivity index (χ4n) is 2.79. The lowest BCUT2D eigenvalue weighted by atomic mass is 9.85. The van der Waals surface area contributed by atoms with Crippen LogP contribution >= 0.6 is 0 Å². The molecule has 0 bridgehead atoms. The van der Waals surface area contributed by atoms with Crippen molar-refractivity contribution in [1.82, 2.24) is 5.32 Å². The van der Waals surface area contributed by atoms with Gasteiger partial charge in [-0.2, -0.15) is 22.0 Å². The van der Waals surface area contributed by atoms with Gasteiger partial charge < -0.3 is 5.32 Å². The number of amides is 1. The number of alkyl halides is 5. The van der Waals surface area contributed by atoms with E-state index in [1.165, 1.54) is 0 Å². The van der Waals surface area contributed by atoms with Gasteiger partial charge >= 0.3 is 11.9 Å². The molecule has 0 aromatic heterocycles. The molecule has 1 aromatic carbocycles. The van der Waals surface area contributed by atoms with Crippen LogP contribution in [0.4, 0.5) is 22.0 Å². The topological polar surface area (TPSA) is 63.2 Å². The third-order valence-electron chi connectivity index (χ3n) is 4.15. The van der Waals surface area contributed by atoms with Gasteiger partial charge in [-0.05, 0) is 43.5 Å². The van der Waals surface area contributed by atoms with Crippen LogP contribution in [0.3, 0.4) is 0 Å². The lowest BCUT2D eigenvalue weighted by Gasteiger charge is -2.31. The van der Waals surface area contributed by atoms with E-state index in [1.54, 1.807) is 0 Å². The molecular formula is C15H16F5NO3S. The van der Waals surface area contributed by atoms with Crippen LogP contribution in [0.15, 0.2) is 29.2 Å². The normalized spacial score (nSPS) is 22.0. The zero-order valence-corrected chi connectivity index (χ0v) is 13.7. The zero-order valence-electron chi connectivity index (χ0n) is 12.9. The molecule has 2 unspecified atom stereocenters. The van der Waals surface area contributed by atoms with Crippen LogP contribution in [-0.2, 0) is 9.84 Å². The van der Waals surface area contributed by atoms with Gasteiger partial charge in [-0.3, -0.25) is 4.79 Å². The number of halogens is 5. The summed E-state index contributed by atoms with van der Waals surface area (Å²) in [6, 6.07) is 3.20. The van der Waals surface area contributed by atoms with E-state index in [0.717, 1.165) is 24.3 Å². The molecule has 1 amide bonds. The lowest BCUT2D eigenvalue weighted by Crippen LogP contribution is -2.41. The first-order valence-electron chi connectivity index (χ1n) is 7.51. The van der Waals surface area contributed by atoms with E-state index < -0.39 is 44.5 Å². The summed E-state index contributed by atoms with van der Waals surface area (Å²) < 4.78 is 85.8. The van der Waals surface area contributed by atoms with Gasteiger partial charge in [-0.15, -0.1) is 0 Å². The smallest absolute Gasteiger partial charge is 0.349 e. The largest absolute Gasteiger partial charge is 0.391 e. The van der Waals surface area contributed by atoms with Crippen molar-refractivity contribution in [3.63, 3.8) is 0 Å². The van der Waals surface area contributed by atoms with Crippen molar-refractivity contribution in [3.8, 4) is 0 Å². The number of benzene rings is 1. The Balaban J connectivity index is 2.04. The minimum atomic E-state index is -4.76. The molecule has 2 atom stereocenters. The van der Waals surface area contributed by atoms with Crippen molar-refractivity contribution in [2.45, 2.75) is 48.6 Å². The molecule has 0 spiro atoms. The molecule has 0 aliphatic heterocycles. The zero-order chi connectivity index (χ0) is 18.8. The maximum atomic E-state index is 12.8. The molecule has 1 fully saturated rings. The van der Waals surface area contributed by atoms with Gasteiger partial charge in [0.2, 0.25) is 9.84 Å². The van der Waals surface area contributed by atoms with Crippen LogP contribution < -0.4 is 5.32 Å². The van der Waals surface area contributed by atoms with E-state index in [1.807, 2.05) is 0 Å². The average Bonchev–Trinajstić information content (AvgIpc) is 2.54. The van der Waals surface area contributed by atoms with Crippen LogP contribution in [0, 0.1) is 5.92 Å². The molecule has 1 N–H and O–H groups in total. The fraction of sp³-hybridized carbons (Fsp3) is 0.533. The first-order chi connectivity index (χ1) is 11.5. The Kier molecular flexibility index (Phi) is 5.70. The second-order valence-electron chi connectivity index (χ2n) is 5.91. The van der Waals surface area contributed by atoms with Gasteiger partial charge in [0, 0.05) is 11.6 Å². The van der Waals surface area contributed by atoms with Crippen LogP contribution in [0.2, 0.25) is 0 Å². The molecule has 0 heterocycles. The summed E-state index contributed by atoms with van der Waals surface area (Å²) in [5.41, 5.74) is -0.0117. The van der Waals surface area contributed by atoms with Crippen molar-refractivity contribution in [2.24, 2.45) is 5.92 Å². The van der Waals surface area contributed by atoms with Gasteiger partial charge in [0.1, 0.15) is 0 Å². The van der Waals surface area contributed by atoms with Crippen LogP contribution in [0.5, 0.6) is 0 Å². The molecule has 1 aliphatic rings. The van der Waals surface area contributed by atoms with E-state index in [4.69, 9.17) is 0 Å². The second-order valence-corrected chi connectivity index (χ2v) is 7.82. The number of sulfone groups is 1. The molecule has 1 aliphatic carbocycles. The molecular weight excluding hydrogens is 369 g/mol. The highest BCUT2D eigenvalue weighted by Crippen LogP contribution is 2.37. The maximum absolute atomic E-state index is 12.8. The minimum Gasteiger partial charge on any atom is -0.349 e. The standard InChI is InChI=1S/C15H16F5NO3S/c16-14(17)25(23,24)12-6-4-9(5-7-12)13(22)21-11-3-1-2-10(8-11)15(18,19)20/h4-7,10-11,14H,1-3,8H2,(H,21,22). The number of rotatable bonds is 4. The predicted octanol–water partition coefficient (Wildman–Crippen LogP) is 3.53. The quantitative estimate of drug-likeness (QED) is 0.807. The molecule has 1 aromatic rings. The first-order valence-corrected chi connectivity index (χ1v) is 9.06. The molecule has 140 valence electrons. The number of carbonyl (C=O) groups is 1. The summed E-state index contributed by atoms with van der Waals surface area (Å²) in [4.78, 5) is 11.4. The number of nitrogens with one attached hydrogen (secondary N) is 1. The lowest BCUT2D eigenvalue weighted by molar-refractivity contribution is -0.183. The highest BCUT2D eigenvalue weighted by molar-refractivity contribution is 7.91. The Morgan fingerprint density at radius 3 is 2.24 bits per heavy atom. The predicted molar refractivity (Wildman–Crippen MR) is 78.9 cm³/mol. The fourth-order valence-corrected chi connectivity index (χ4v) is 3.51. The molecule has 0 saturated heterocycles. The minimum absolute atomic E-state index is 0.0117. The highest BCUT2D eigenvalue weighted by Gasteiger charge is 2.42. The monoisotopic (exact) mass is 385 g/mol. The summed E-state index contributed by atoms with van der Waals surface area (Å²) >= 11 is 0. The Labute approximate surface area is 141 Å². The van der Waals surface area contributed by atoms with Crippen LogP contribution in [0.1, 0.15) is 36.0 Å². The SMILES string of the molecule is O=C(NC1CCCC(C(F)(F)F)C1)c1ccc(S(=O)(=O)C(F)F)cc1. The Bertz CT molecular complexity index is 716. The summed E-state index contributed by atoms with van der Waals surface area (Å²) in [5.74, 6) is -5.72. The molecule has 1 saturated carbocycles. The van der Waals surface area contributed by atoms with E-state index in [0.29, 0.717) is 12.8 Å². The summed E-state index contributed by atoms with van der Waals surface area (Å²) in [6.45, 7) is 0. The molecule has 0 radical (unpaired) electrons. The summed E-state index contributed by atoms with van der Waals surface area (Å²) in [6.07, 6.45) is -3.76. The first kappa shape index (κ1) is 19.6. The van der Waals surface area contributed by atoms with Gasteiger partial charge in [-0.25, -0.2) is 8.42 Å². The van der Waals surface area contributed by atoms with Gasteiger partial charge in [0.15, 0.2) is 0 Å². The summed E-state index contributed by atoms with van der Waals surface area (Å²) in [7, 11) is -4.76. The number of hydrogen-bond acceptors (Lipinski definition) is 3. The van der Waals surface area contributed by atoms with Crippen molar-refractivity contribution in [3.05, 3.63) is 29.8 Å². The van der Waals surface area contributed by atoms with Crippen LogP contribution in [-0.4, -0.2) is 32.3 Å². The molecule has 25 heavy (non-hydrogen) atoms. The molecule has 2 rings (SSSR count). The van der Waals surface area contributed by atoms with Gasteiger partial charge in [-0.1, -0.05) is 6.42 Å². The Morgan fingerprint density at radius 2 is 1.72 bits per heavy atom. The number of carbonyl (C=O) groups excluding carboxylic acids is 1. The van der Waals surface area contributed by atoms with Gasteiger partial charge in [0.05, 0.1) is 10.8 Å². The third-order valence-corrected chi connectivity index (χ3v) is 5.55. The third kappa shape index (κ3) is 4.68. The van der Waals surface area contributed by atoms with E-state index in [-0.39, 0.29) is 18.4 Å². The molecule has 4 nitrogen and oxygen atoms in total. The van der Waals surface area contributed by atoms with E-state index >= 15 is 0 Å². The van der Waals surface area contributed by atoms with Crippen molar-refractivity contribution < 1.29 is 35.2 Å². The second kappa shape index (κ2) is 7.27. The Hall–Kier alpha value is -1.71. The van der Waals surface area contributed by atoms with E-state index in [2.05, 4.69) is 5.32 Å². The number of hydrogen-bond donors (Lipinski definition) is 1. The molecule has 10 heteroatoms. The van der Waals surface area contributed by atoms with E-state index in [9.17, 15) is 35.2 Å². The van der Waals surface area contributed by atoms with Crippen molar-refractivity contribution in [1.29, 1.82) is 0 Å². The summed E-state index contributed by atoms with van der Waals surface area (Å²) in [5, 5.41) is 2.48.